The summed E-state index contributed by atoms with van der Waals surface area (Å²) in [6.07, 6.45) is 1.83. The molecular formula is C23H27N5. The van der Waals surface area contributed by atoms with Gasteiger partial charge in [0.15, 0.2) is 0 Å². The van der Waals surface area contributed by atoms with Gasteiger partial charge in [0.25, 0.3) is 0 Å². The van der Waals surface area contributed by atoms with Gasteiger partial charge in [-0.05, 0) is 56.2 Å². The summed E-state index contributed by atoms with van der Waals surface area (Å²) in [7, 11) is 0. The second kappa shape index (κ2) is 7.89. The molecule has 0 amide bonds. The molecule has 5 heteroatoms. The first-order valence-corrected chi connectivity index (χ1v) is 9.83. The quantitative estimate of drug-likeness (QED) is 0.731. The van der Waals surface area contributed by atoms with Crippen molar-refractivity contribution in [1.82, 2.24) is 9.97 Å². The van der Waals surface area contributed by atoms with Crippen molar-refractivity contribution in [3.8, 4) is 0 Å². The Balaban J connectivity index is 1.43. The van der Waals surface area contributed by atoms with E-state index >= 15 is 0 Å². The SMILES string of the molecule is Cc1ccc(Nc2ccnc(N3CCN(c4cccc(C)c4C)CC3)n2)cc1. The number of nitrogens with zero attached hydrogens (tertiary/aromatic N) is 4. The Labute approximate surface area is 167 Å². The van der Waals surface area contributed by atoms with E-state index < -0.39 is 0 Å². The Morgan fingerprint density at radius 2 is 1.54 bits per heavy atom. The summed E-state index contributed by atoms with van der Waals surface area (Å²) in [5.41, 5.74) is 6.34. The van der Waals surface area contributed by atoms with E-state index in [-0.39, 0.29) is 0 Å². The third-order valence-corrected chi connectivity index (χ3v) is 5.45. The summed E-state index contributed by atoms with van der Waals surface area (Å²) in [6.45, 7) is 10.3. The van der Waals surface area contributed by atoms with E-state index in [0.717, 1.165) is 43.6 Å². The molecule has 1 aliphatic heterocycles. The van der Waals surface area contributed by atoms with Crippen LogP contribution in [0.25, 0.3) is 0 Å². The molecule has 4 rings (SSSR count). The number of nitrogens with one attached hydrogen (secondary N) is 1. The highest BCUT2D eigenvalue weighted by atomic mass is 15.3. The lowest BCUT2D eigenvalue weighted by molar-refractivity contribution is 0.639. The fourth-order valence-electron chi connectivity index (χ4n) is 3.58. The topological polar surface area (TPSA) is 44.3 Å². The van der Waals surface area contributed by atoms with Crippen molar-refractivity contribution < 1.29 is 0 Å². The molecule has 1 fully saturated rings. The predicted molar refractivity (Wildman–Crippen MR) is 117 cm³/mol. The average molecular weight is 374 g/mol. The van der Waals surface area contributed by atoms with E-state index in [2.05, 4.69) is 83.3 Å². The van der Waals surface area contributed by atoms with Crippen molar-refractivity contribution in [3.05, 3.63) is 71.4 Å². The second-order valence-corrected chi connectivity index (χ2v) is 7.43. The highest BCUT2D eigenvalue weighted by molar-refractivity contribution is 5.59. The van der Waals surface area contributed by atoms with Crippen LogP contribution in [-0.4, -0.2) is 36.1 Å². The molecule has 1 aromatic heterocycles. The van der Waals surface area contributed by atoms with Gasteiger partial charge in [-0.2, -0.15) is 4.98 Å². The van der Waals surface area contributed by atoms with Gasteiger partial charge in [-0.1, -0.05) is 29.8 Å². The minimum Gasteiger partial charge on any atom is -0.368 e. The molecule has 1 aliphatic rings. The van der Waals surface area contributed by atoms with E-state index in [0.29, 0.717) is 0 Å². The van der Waals surface area contributed by atoms with Crippen LogP contribution in [0.1, 0.15) is 16.7 Å². The van der Waals surface area contributed by atoms with Crippen molar-refractivity contribution in [1.29, 1.82) is 0 Å². The lowest BCUT2D eigenvalue weighted by atomic mass is 10.1. The minimum absolute atomic E-state index is 0.790. The van der Waals surface area contributed by atoms with Gasteiger partial charge >= 0.3 is 0 Å². The Morgan fingerprint density at radius 1 is 0.821 bits per heavy atom. The van der Waals surface area contributed by atoms with Crippen LogP contribution in [0.4, 0.5) is 23.1 Å². The number of aryl methyl sites for hydroxylation is 2. The van der Waals surface area contributed by atoms with Crippen molar-refractivity contribution >= 4 is 23.1 Å². The normalized spacial score (nSPS) is 14.2. The molecule has 2 aromatic carbocycles. The summed E-state index contributed by atoms with van der Waals surface area (Å²) in [4.78, 5) is 14.0. The predicted octanol–water partition coefficient (Wildman–Crippen LogP) is 4.47. The Morgan fingerprint density at radius 3 is 2.29 bits per heavy atom. The van der Waals surface area contributed by atoms with Crippen molar-refractivity contribution in [2.24, 2.45) is 0 Å². The number of aromatic nitrogens is 2. The van der Waals surface area contributed by atoms with Crippen LogP contribution in [0.2, 0.25) is 0 Å². The highest BCUT2D eigenvalue weighted by Gasteiger charge is 2.20. The number of hydrogen-bond acceptors (Lipinski definition) is 5. The summed E-state index contributed by atoms with van der Waals surface area (Å²) in [5, 5.41) is 3.37. The summed E-state index contributed by atoms with van der Waals surface area (Å²) in [5.74, 6) is 1.61. The maximum atomic E-state index is 4.73. The fourth-order valence-corrected chi connectivity index (χ4v) is 3.58. The van der Waals surface area contributed by atoms with Crippen LogP contribution in [0, 0.1) is 20.8 Å². The molecule has 0 unspecified atom stereocenters. The standard InChI is InChI=1S/C23H27N5/c1-17-7-9-20(10-8-17)25-22-11-12-24-23(26-22)28-15-13-27(14-16-28)21-6-4-5-18(2)19(21)3/h4-12H,13-16H2,1-3H3,(H,24,25,26). The molecular weight excluding hydrogens is 346 g/mol. The van der Waals surface area contributed by atoms with E-state index in [1.54, 1.807) is 0 Å². The van der Waals surface area contributed by atoms with E-state index in [9.17, 15) is 0 Å². The first kappa shape index (κ1) is 18.3. The maximum absolute atomic E-state index is 4.73. The van der Waals surface area contributed by atoms with Gasteiger partial charge in [0, 0.05) is 43.8 Å². The average Bonchev–Trinajstić information content (AvgIpc) is 2.72. The van der Waals surface area contributed by atoms with E-state index in [1.807, 2.05) is 12.3 Å². The fraction of sp³-hybridized carbons (Fsp3) is 0.304. The van der Waals surface area contributed by atoms with Gasteiger partial charge in [-0.25, -0.2) is 4.98 Å². The Hall–Kier alpha value is -3.08. The summed E-state index contributed by atoms with van der Waals surface area (Å²) < 4.78 is 0. The van der Waals surface area contributed by atoms with Crippen LogP contribution >= 0.6 is 0 Å². The number of anilines is 4. The monoisotopic (exact) mass is 373 g/mol. The molecule has 1 N–H and O–H groups in total. The lowest BCUT2D eigenvalue weighted by Crippen LogP contribution is -2.47. The molecule has 0 spiro atoms. The molecule has 0 radical (unpaired) electrons. The Bertz CT molecular complexity index is 943. The van der Waals surface area contributed by atoms with Gasteiger partial charge in [0.1, 0.15) is 5.82 Å². The van der Waals surface area contributed by atoms with E-state index in [1.165, 1.54) is 22.4 Å². The zero-order valence-corrected chi connectivity index (χ0v) is 16.8. The molecule has 0 saturated carbocycles. The molecule has 2 heterocycles. The first-order chi connectivity index (χ1) is 13.6. The first-order valence-electron chi connectivity index (χ1n) is 9.83. The Kier molecular flexibility index (Phi) is 5.15. The second-order valence-electron chi connectivity index (χ2n) is 7.43. The maximum Gasteiger partial charge on any atom is 0.227 e. The molecule has 0 bridgehead atoms. The third-order valence-electron chi connectivity index (χ3n) is 5.45. The smallest absolute Gasteiger partial charge is 0.227 e. The third kappa shape index (κ3) is 3.93. The van der Waals surface area contributed by atoms with Crippen molar-refractivity contribution in [3.63, 3.8) is 0 Å². The van der Waals surface area contributed by atoms with Crippen molar-refractivity contribution in [2.45, 2.75) is 20.8 Å². The van der Waals surface area contributed by atoms with Crippen LogP contribution in [0.5, 0.6) is 0 Å². The molecule has 1 saturated heterocycles. The number of rotatable bonds is 4. The zero-order valence-electron chi connectivity index (χ0n) is 16.8. The molecule has 3 aromatic rings. The minimum atomic E-state index is 0.790. The zero-order chi connectivity index (χ0) is 19.5. The lowest BCUT2D eigenvalue weighted by Gasteiger charge is -2.37. The van der Waals surface area contributed by atoms with Gasteiger partial charge in [-0.3, -0.25) is 0 Å². The summed E-state index contributed by atoms with van der Waals surface area (Å²) >= 11 is 0. The number of hydrogen-bond donors (Lipinski definition) is 1. The largest absolute Gasteiger partial charge is 0.368 e. The van der Waals surface area contributed by atoms with Crippen LogP contribution in [0.3, 0.4) is 0 Å². The van der Waals surface area contributed by atoms with E-state index in [4.69, 9.17) is 4.98 Å². The highest BCUT2D eigenvalue weighted by Crippen LogP contribution is 2.25. The number of benzene rings is 2. The van der Waals surface area contributed by atoms with Gasteiger partial charge in [0.2, 0.25) is 5.95 Å². The van der Waals surface area contributed by atoms with Crippen LogP contribution in [0.15, 0.2) is 54.7 Å². The molecule has 28 heavy (non-hydrogen) atoms. The van der Waals surface area contributed by atoms with Crippen LogP contribution in [-0.2, 0) is 0 Å². The van der Waals surface area contributed by atoms with Crippen molar-refractivity contribution in [2.75, 3.05) is 41.3 Å². The molecule has 0 atom stereocenters. The molecule has 5 nitrogen and oxygen atoms in total. The van der Waals surface area contributed by atoms with Gasteiger partial charge in [0.05, 0.1) is 0 Å². The number of piperazine rings is 1. The summed E-state index contributed by atoms with van der Waals surface area (Å²) in [6, 6.07) is 16.8. The molecule has 0 aliphatic carbocycles. The van der Waals surface area contributed by atoms with Gasteiger partial charge < -0.3 is 15.1 Å². The molecule has 144 valence electrons. The van der Waals surface area contributed by atoms with Crippen LogP contribution < -0.4 is 15.1 Å². The van der Waals surface area contributed by atoms with Gasteiger partial charge in [-0.15, -0.1) is 0 Å².